The van der Waals surface area contributed by atoms with Gasteiger partial charge in [0.15, 0.2) is 0 Å². The summed E-state index contributed by atoms with van der Waals surface area (Å²) in [5, 5.41) is 0. The fourth-order valence-electron chi connectivity index (χ4n) is 3.67. The van der Waals surface area contributed by atoms with Crippen molar-refractivity contribution in [3.63, 3.8) is 0 Å². The molecule has 0 radical (unpaired) electrons. The Morgan fingerprint density at radius 2 is 0.882 bits per heavy atom. The summed E-state index contributed by atoms with van der Waals surface area (Å²) in [5.74, 6) is 0. The maximum Gasteiger partial charge on any atom is 0.408 e. The topological polar surface area (TPSA) is 103 Å². The van der Waals surface area contributed by atoms with Crippen molar-refractivity contribution >= 4 is 15.5 Å². The Balaban J connectivity index is 2.07. The molecule has 0 fully saturated rings. The Labute approximate surface area is 201 Å². The van der Waals surface area contributed by atoms with Crippen LogP contribution in [0.5, 0.6) is 0 Å². The number of fused-ring (bicyclic) bond motifs is 4. The van der Waals surface area contributed by atoms with Crippen LogP contribution >= 0.6 is 15.5 Å². The van der Waals surface area contributed by atoms with Crippen LogP contribution in [0.4, 0.5) is 0 Å². The van der Waals surface area contributed by atoms with Gasteiger partial charge in [0, 0.05) is 0 Å². The van der Waals surface area contributed by atoms with Crippen molar-refractivity contribution in [2.45, 2.75) is 53.9 Å². The molecule has 10 nitrogen and oxygen atoms in total. The van der Waals surface area contributed by atoms with Crippen molar-refractivity contribution in [2.24, 2.45) is 0 Å². The zero-order valence-electron chi connectivity index (χ0n) is 20.3. The van der Waals surface area contributed by atoms with Gasteiger partial charge in [0.05, 0.1) is 75.4 Å². The molecule has 4 bridgehead atoms. The fourth-order valence-corrected chi connectivity index (χ4v) is 7.05. The van der Waals surface area contributed by atoms with Gasteiger partial charge in [-0.15, -0.1) is 0 Å². The van der Waals surface area contributed by atoms with Crippen LogP contribution < -0.4 is 0 Å². The first-order valence-corrected chi connectivity index (χ1v) is 14.5. The molecule has 0 saturated carbocycles. The Morgan fingerprint density at radius 1 is 0.618 bits per heavy atom. The molecule has 2 aromatic heterocycles. The molecule has 34 heavy (non-hydrogen) atoms. The number of nitrogens with zero attached hydrogens (tertiary/aromatic N) is 4. The van der Waals surface area contributed by atoms with Crippen LogP contribution in [0, 0.1) is 0 Å². The van der Waals surface area contributed by atoms with Crippen LogP contribution in [0.15, 0.2) is 36.4 Å². The van der Waals surface area contributed by atoms with E-state index in [2.05, 4.69) is 0 Å². The lowest BCUT2D eigenvalue weighted by Gasteiger charge is -2.31. The number of hydrogen-bond acceptors (Lipinski definition) is 8. The molecule has 0 N–H and O–H groups in total. The molecule has 2 aromatic rings. The number of rotatable bonds is 10. The van der Waals surface area contributed by atoms with Gasteiger partial charge >= 0.3 is 15.5 Å². The van der Waals surface area contributed by atoms with Gasteiger partial charge in [0.1, 0.15) is 0 Å². The van der Waals surface area contributed by atoms with E-state index in [0.29, 0.717) is 22.8 Å². The molecule has 12 heteroatoms. The summed E-state index contributed by atoms with van der Waals surface area (Å²) in [4.78, 5) is 9.49. The lowest BCUT2D eigenvalue weighted by Crippen LogP contribution is -2.27. The van der Waals surface area contributed by atoms with Crippen molar-refractivity contribution in [3.8, 4) is 0 Å². The van der Waals surface area contributed by atoms with Crippen LogP contribution in [0.3, 0.4) is 0 Å². The van der Waals surface area contributed by atoms with Crippen molar-refractivity contribution in [1.82, 2.24) is 19.3 Å². The molecule has 0 unspecified atom stereocenters. The van der Waals surface area contributed by atoms with E-state index in [1.807, 2.05) is 36.4 Å². The van der Waals surface area contributed by atoms with E-state index in [1.54, 1.807) is 37.0 Å². The first-order valence-electron chi connectivity index (χ1n) is 11.5. The second-order valence-electron chi connectivity index (χ2n) is 7.49. The van der Waals surface area contributed by atoms with Crippen molar-refractivity contribution in [2.75, 3.05) is 26.4 Å². The Bertz CT molecular complexity index is 896. The summed E-state index contributed by atoms with van der Waals surface area (Å²) < 4.78 is 53.1. The molecular formula is C22H34N4O6P2. The van der Waals surface area contributed by atoms with E-state index < -0.39 is 15.5 Å². The highest BCUT2D eigenvalue weighted by Crippen LogP contribution is 2.54. The summed E-state index contributed by atoms with van der Waals surface area (Å²) in [7, 11) is -7.16. The Morgan fingerprint density at radius 3 is 1.12 bits per heavy atom. The van der Waals surface area contributed by atoms with Gasteiger partial charge in [-0.25, -0.2) is 9.13 Å². The quantitative estimate of drug-likeness (QED) is 0.397. The molecule has 0 aromatic carbocycles. The second kappa shape index (κ2) is 12.5. The van der Waals surface area contributed by atoms with Gasteiger partial charge in [-0.05, 0) is 52.0 Å². The standard InChI is InChI=1S/C22H34N4O6P2/c1-5-29-33(27,30-6-2)25-15-19-11-9-13-21(23-19)17-26(34(28,31-7-3)32-8-4)18-22-14-10-12-20(16-25)24-22/h9-14H,5-8,15-18H2,1-4H3. The molecule has 1 aliphatic rings. The third-order valence-corrected chi connectivity index (χ3v) is 9.26. The van der Waals surface area contributed by atoms with E-state index >= 15 is 0 Å². The number of hydrogen-bond donors (Lipinski definition) is 0. The highest BCUT2D eigenvalue weighted by atomic mass is 31.2. The van der Waals surface area contributed by atoms with Crippen LogP contribution in [0.2, 0.25) is 0 Å². The average Bonchev–Trinajstić information content (AvgIpc) is 2.79. The van der Waals surface area contributed by atoms with Crippen LogP contribution in [-0.4, -0.2) is 45.7 Å². The minimum Gasteiger partial charge on any atom is -0.297 e. The van der Waals surface area contributed by atoms with E-state index in [4.69, 9.17) is 28.1 Å². The average molecular weight is 512 g/mol. The maximum atomic E-state index is 13.7. The van der Waals surface area contributed by atoms with Crippen LogP contribution in [0.1, 0.15) is 50.5 Å². The van der Waals surface area contributed by atoms with Gasteiger partial charge in [0.25, 0.3) is 0 Å². The SMILES string of the molecule is CCOP(=O)(OCC)N1Cc2cccc(n2)CN(P(=O)(OCC)OCC)Cc2cccc(n2)C1. The minimum absolute atomic E-state index is 0.228. The molecule has 188 valence electrons. The predicted molar refractivity (Wildman–Crippen MR) is 129 cm³/mol. The maximum absolute atomic E-state index is 13.7. The van der Waals surface area contributed by atoms with E-state index in [9.17, 15) is 9.13 Å². The molecule has 0 saturated heterocycles. The van der Waals surface area contributed by atoms with Crippen LogP contribution in [0.25, 0.3) is 0 Å². The third kappa shape index (κ3) is 6.80. The normalized spacial score (nSPS) is 16.1. The first kappa shape index (κ1) is 27.1. The van der Waals surface area contributed by atoms with Crippen molar-refractivity contribution < 1.29 is 27.2 Å². The van der Waals surface area contributed by atoms with Gasteiger partial charge in [0.2, 0.25) is 0 Å². The van der Waals surface area contributed by atoms with Crippen molar-refractivity contribution in [3.05, 3.63) is 59.2 Å². The molecular weight excluding hydrogens is 478 g/mol. The predicted octanol–water partition coefficient (Wildman–Crippen LogP) is 5.16. The summed E-state index contributed by atoms with van der Waals surface area (Å²) in [6.45, 7) is 9.01. The summed E-state index contributed by atoms with van der Waals surface area (Å²) >= 11 is 0. The Kier molecular flexibility index (Phi) is 9.95. The van der Waals surface area contributed by atoms with Gasteiger partial charge < -0.3 is 0 Å². The highest BCUT2D eigenvalue weighted by Gasteiger charge is 2.36. The molecule has 1 aliphatic heterocycles. The smallest absolute Gasteiger partial charge is 0.297 e. The monoisotopic (exact) mass is 512 g/mol. The zero-order chi connectivity index (χ0) is 24.6. The third-order valence-electron chi connectivity index (χ3n) is 4.97. The second-order valence-corrected chi connectivity index (χ2v) is 11.5. The Hall–Kier alpha value is -1.48. The van der Waals surface area contributed by atoms with E-state index in [1.165, 1.54) is 0 Å². The molecule has 0 spiro atoms. The van der Waals surface area contributed by atoms with Gasteiger partial charge in [-0.1, -0.05) is 12.1 Å². The lowest BCUT2D eigenvalue weighted by atomic mass is 10.2. The van der Waals surface area contributed by atoms with E-state index in [0.717, 1.165) is 0 Å². The molecule has 0 amide bonds. The number of aromatic nitrogens is 2. The molecule has 0 aliphatic carbocycles. The fraction of sp³-hybridized carbons (Fsp3) is 0.545. The lowest BCUT2D eigenvalue weighted by molar-refractivity contribution is 0.158. The van der Waals surface area contributed by atoms with Gasteiger partial charge in [-0.2, -0.15) is 9.34 Å². The largest absolute Gasteiger partial charge is 0.408 e. The van der Waals surface area contributed by atoms with E-state index in [-0.39, 0.29) is 52.6 Å². The summed E-state index contributed by atoms with van der Waals surface area (Å²) in [6, 6.07) is 11.1. The van der Waals surface area contributed by atoms with Crippen molar-refractivity contribution in [1.29, 1.82) is 0 Å². The van der Waals surface area contributed by atoms with Gasteiger partial charge in [-0.3, -0.25) is 28.1 Å². The minimum atomic E-state index is -3.58. The van der Waals surface area contributed by atoms with Crippen LogP contribution in [-0.2, 0) is 53.4 Å². The zero-order valence-corrected chi connectivity index (χ0v) is 22.0. The summed E-state index contributed by atoms with van der Waals surface area (Å²) in [5.41, 5.74) is 2.71. The molecule has 3 rings (SSSR count). The molecule has 0 atom stereocenters. The number of pyridine rings is 2. The first-order chi connectivity index (χ1) is 16.4. The highest BCUT2D eigenvalue weighted by molar-refractivity contribution is 7.51. The summed E-state index contributed by atoms with van der Waals surface area (Å²) in [6.07, 6.45) is 0. The molecule has 3 heterocycles.